The highest BCUT2D eigenvalue weighted by Gasteiger charge is 2.30. The summed E-state index contributed by atoms with van der Waals surface area (Å²) < 4.78 is 6.89. The van der Waals surface area contributed by atoms with E-state index in [4.69, 9.17) is 4.42 Å². The van der Waals surface area contributed by atoms with Crippen molar-refractivity contribution in [2.75, 3.05) is 33.2 Å². The predicted octanol–water partition coefficient (Wildman–Crippen LogP) is 0.863. The first-order valence-corrected chi connectivity index (χ1v) is 8.01. The van der Waals surface area contributed by atoms with Gasteiger partial charge in [0, 0.05) is 49.5 Å². The van der Waals surface area contributed by atoms with Crippen LogP contribution in [0.2, 0.25) is 0 Å². The summed E-state index contributed by atoms with van der Waals surface area (Å²) in [6.45, 7) is 4.45. The number of aryl methyl sites for hydroxylation is 1. The lowest BCUT2D eigenvalue weighted by Crippen LogP contribution is -2.50. The molecule has 1 aliphatic carbocycles. The average molecular weight is 302 g/mol. The summed E-state index contributed by atoms with van der Waals surface area (Å²) in [5.74, 6) is 0.565. The fraction of sp³-hybridized carbons (Fsp3) is 0.562. The van der Waals surface area contributed by atoms with E-state index in [1.54, 1.807) is 18.4 Å². The normalized spacial score (nSPS) is 23.6. The Kier molecular flexibility index (Phi) is 3.43. The van der Waals surface area contributed by atoms with Gasteiger partial charge in [0.05, 0.1) is 6.26 Å². The third kappa shape index (κ3) is 2.32. The summed E-state index contributed by atoms with van der Waals surface area (Å²) in [6, 6.07) is 4.10. The number of aromatic amines is 1. The molecule has 4 rings (SSSR count). The molecule has 1 unspecified atom stereocenters. The first-order chi connectivity index (χ1) is 10.7. The number of likely N-dealkylation sites (N-methyl/N-ethyl adjacent to an activating group) is 1. The fourth-order valence-electron chi connectivity index (χ4n) is 3.63. The van der Waals surface area contributed by atoms with Gasteiger partial charge in [-0.25, -0.2) is 0 Å². The first-order valence-electron chi connectivity index (χ1n) is 8.01. The van der Waals surface area contributed by atoms with Crippen LogP contribution in [0.4, 0.5) is 0 Å². The Balaban J connectivity index is 1.57. The fourth-order valence-corrected chi connectivity index (χ4v) is 3.63. The van der Waals surface area contributed by atoms with Gasteiger partial charge in [0.25, 0.3) is 5.56 Å². The highest BCUT2D eigenvalue weighted by atomic mass is 16.3. The molecule has 2 aromatic heterocycles. The van der Waals surface area contributed by atoms with E-state index in [0.717, 1.165) is 56.7 Å². The topological polar surface area (TPSA) is 57.4 Å². The molecule has 3 heterocycles. The minimum Gasteiger partial charge on any atom is -0.447 e. The van der Waals surface area contributed by atoms with Crippen molar-refractivity contribution in [1.29, 1.82) is 0 Å². The second-order valence-electron chi connectivity index (χ2n) is 6.40. The molecule has 22 heavy (non-hydrogen) atoms. The van der Waals surface area contributed by atoms with Crippen molar-refractivity contribution >= 4 is 0 Å². The largest absolute Gasteiger partial charge is 0.447 e. The zero-order valence-corrected chi connectivity index (χ0v) is 12.9. The average Bonchev–Trinajstić information content (AvgIpc) is 3.16. The van der Waals surface area contributed by atoms with Crippen molar-refractivity contribution in [2.45, 2.75) is 25.3 Å². The summed E-state index contributed by atoms with van der Waals surface area (Å²) in [4.78, 5) is 17.6. The van der Waals surface area contributed by atoms with Crippen LogP contribution in [0.3, 0.4) is 0 Å². The number of piperazine rings is 1. The van der Waals surface area contributed by atoms with Gasteiger partial charge in [-0.3, -0.25) is 14.8 Å². The maximum atomic E-state index is 12.6. The highest BCUT2D eigenvalue weighted by molar-refractivity contribution is 5.27. The number of hydrogen-bond acceptors (Lipinski definition) is 4. The van der Waals surface area contributed by atoms with Crippen LogP contribution in [0.25, 0.3) is 5.88 Å². The maximum Gasteiger partial charge on any atom is 0.277 e. The molecule has 0 amide bonds. The van der Waals surface area contributed by atoms with Crippen molar-refractivity contribution in [3.8, 4) is 5.88 Å². The zero-order valence-electron chi connectivity index (χ0n) is 12.9. The van der Waals surface area contributed by atoms with Crippen LogP contribution in [-0.2, 0) is 12.8 Å². The molecule has 0 bridgehead atoms. The lowest BCUT2D eigenvalue weighted by Gasteiger charge is -2.39. The van der Waals surface area contributed by atoms with E-state index >= 15 is 0 Å². The Morgan fingerprint density at radius 3 is 2.82 bits per heavy atom. The van der Waals surface area contributed by atoms with Crippen LogP contribution >= 0.6 is 0 Å². The Hall–Kier alpha value is -1.79. The van der Waals surface area contributed by atoms with Crippen LogP contribution in [0, 0.1) is 0 Å². The number of aromatic nitrogens is 2. The Morgan fingerprint density at radius 2 is 2.09 bits per heavy atom. The van der Waals surface area contributed by atoms with E-state index in [9.17, 15) is 4.79 Å². The Labute approximate surface area is 129 Å². The smallest absolute Gasteiger partial charge is 0.277 e. The molecule has 0 spiro atoms. The quantitative estimate of drug-likeness (QED) is 0.894. The van der Waals surface area contributed by atoms with Crippen molar-refractivity contribution in [3.05, 3.63) is 40.0 Å². The Bertz CT molecular complexity index is 692. The van der Waals surface area contributed by atoms with Crippen LogP contribution < -0.4 is 5.56 Å². The lowest BCUT2D eigenvalue weighted by atomic mass is 9.92. The van der Waals surface area contributed by atoms with Crippen molar-refractivity contribution in [2.24, 2.45) is 0 Å². The molecule has 1 aliphatic heterocycles. The number of nitrogens with zero attached hydrogens (tertiary/aromatic N) is 3. The monoisotopic (exact) mass is 302 g/mol. The summed E-state index contributed by atoms with van der Waals surface area (Å²) in [7, 11) is 2.17. The summed E-state index contributed by atoms with van der Waals surface area (Å²) >= 11 is 0. The third-order valence-electron chi connectivity index (χ3n) is 5.02. The number of hydrogen-bond donors (Lipinski definition) is 1. The molecule has 2 aliphatic rings. The molecule has 6 heteroatoms. The van der Waals surface area contributed by atoms with Crippen LogP contribution in [0.15, 0.2) is 27.6 Å². The molecule has 6 nitrogen and oxygen atoms in total. The van der Waals surface area contributed by atoms with Crippen molar-refractivity contribution in [3.63, 3.8) is 0 Å². The molecule has 2 aromatic rings. The minimum atomic E-state index is 0.0452. The van der Waals surface area contributed by atoms with Gasteiger partial charge >= 0.3 is 0 Å². The minimum absolute atomic E-state index is 0.0452. The first kappa shape index (κ1) is 13.8. The molecule has 1 atom stereocenters. The van der Waals surface area contributed by atoms with E-state index in [-0.39, 0.29) is 5.56 Å². The van der Waals surface area contributed by atoms with Gasteiger partial charge in [0.1, 0.15) is 0 Å². The van der Waals surface area contributed by atoms with E-state index in [1.165, 1.54) is 4.68 Å². The molecule has 1 fully saturated rings. The summed E-state index contributed by atoms with van der Waals surface area (Å²) in [5, 5.41) is 3.22. The van der Waals surface area contributed by atoms with Gasteiger partial charge in [0.15, 0.2) is 0 Å². The third-order valence-corrected chi connectivity index (χ3v) is 5.02. The zero-order chi connectivity index (χ0) is 15.1. The van der Waals surface area contributed by atoms with Crippen molar-refractivity contribution in [1.82, 2.24) is 19.6 Å². The number of furan rings is 1. The van der Waals surface area contributed by atoms with Crippen LogP contribution in [-0.4, -0.2) is 58.8 Å². The van der Waals surface area contributed by atoms with E-state index in [0.29, 0.717) is 11.9 Å². The number of fused-ring (bicyclic) bond motifs is 1. The summed E-state index contributed by atoms with van der Waals surface area (Å²) in [5.41, 5.74) is 2.06. The molecule has 0 saturated carbocycles. The van der Waals surface area contributed by atoms with Gasteiger partial charge < -0.3 is 9.32 Å². The molecule has 0 aromatic carbocycles. The molecule has 1 N–H and O–H groups in total. The van der Waals surface area contributed by atoms with Gasteiger partial charge in [-0.15, -0.1) is 0 Å². The number of H-pyrrole nitrogens is 1. The highest BCUT2D eigenvalue weighted by Crippen LogP contribution is 2.23. The lowest BCUT2D eigenvalue weighted by molar-refractivity contribution is 0.103. The molecule has 1 saturated heterocycles. The molecular formula is C16H22N4O2. The van der Waals surface area contributed by atoms with Crippen LogP contribution in [0.5, 0.6) is 0 Å². The van der Waals surface area contributed by atoms with Gasteiger partial charge in [-0.1, -0.05) is 0 Å². The predicted molar refractivity (Wildman–Crippen MR) is 83.5 cm³/mol. The van der Waals surface area contributed by atoms with Crippen molar-refractivity contribution < 1.29 is 4.42 Å². The molecule has 118 valence electrons. The van der Waals surface area contributed by atoms with Gasteiger partial charge in [-0.2, -0.15) is 4.68 Å². The van der Waals surface area contributed by atoms with Gasteiger partial charge in [-0.05, 0) is 32.4 Å². The second-order valence-corrected chi connectivity index (χ2v) is 6.40. The van der Waals surface area contributed by atoms with Gasteiger partial charge in [0.2, 0.25) is 5.88 Å². The molecular weight excluding hydrogens is 280 g/mol. The number of rotatable bonds is 2. The second kappa shape index (κ2) is 5.44. The standard InChI is InChI=1S/C16H22N4O2/c1-18-6-8-19(9-7-18)12-4-5-14-13(11-12)16(21)20(17-14)15-3-2-10-22-15/h2-3,10,12,17H,4-9,11H2,1H3. The number of nitrogens with one attached hydrogen (secondary N) is 1. The summed E-state index contributed by atoms with van der Waals surface area (Å²) in [6.07, 6.45) is 4.50. The van der Waals surface area contributed by atoms with E-state index in [2.05, 4.69) is 21.9 Å². The Morgan fingerprint density at radius 1 is 1.27 bits per heavy atom. The van der Waals surface area contributed by atoms with Crippen LogP contribution in [0.1, 0.15) is 17.7 Å². The molecule has 0 radical (unpaired) electrons. The SMILES string of the molecule is CN1CCN(C2CCc3[nH]n(-c4ccco4)c(=O)c3C2)CC1. The maximum absolute atomic E-state index is 12.6. The van der Waals surface area contributed by atoms with E-state index < -0.39 is 0 Å². The van der Waals surface area contributed by atoms with E-state index in [1.807, 2.05) is 0 Å².